The van der Waals surface area contributed by atoms with Gasteiger partial charge in [-0.2, -0.15) is 5.26 Å². The third-order valence-electron chi connectivity index (χ3n) is 2.72. The Hall–Kier alpha value is -2.52. The van der Waals surface area contributed by atoms with Crippen LogP contribution >= 0.6 is 11.8 Å². The van der Waals surface area contributed by atoms with Gasteiger partial charge in [-0.1, -0.05) is 23.9 Å². The van der Waals surface area contributed by atoms with E-state index in [0.717, 1.165) is 5.56 Å². The zero-order valence-corrected chi connectivity index (χ0v) is 12.7. The van der Waals surface area contributed by atoms with Crippen LogP contribution in [0.5, 0.6) is 5.75 Å². The average Bonchev–Trinajstić information content (AvgIpc) is 2.54. The zero-order valence-electron chi connectivity index (χ0n) is 11.9. The van der Waals surface area contributed by atoms with Gasteiger partial charge in [0.15, 0.2) is 11.4 Å². The summed E-state index contributed by atoms with van der Waals surface area (Å²) < 4.78 is 18.7. The highest BCUT2D eigenvalue weighted by atomic mass is 32.2. The molecule has 2 aromatic carbocycles. The van der Waals surface area contributed by atoms with Crippen molar-refractivity contribution in [1.29, 1.82) is 5.26 Å². The molecule has 0 spiro atoms. The van der Waals surface area contributed by atoms with Gasteiger partial charge in [0.2, 0.25) is 0 Å². The summed E-state index contributed by atoms with van der Waals surface area (Å²) in [6, 6.07) is 13.4. The second kappa shape index (κ2) is 8.05. The van der Waals surface area contributed by atoms with E-state index >= 15 is 0 Å². The molecule has 0 fully saturated rings. The van der Waals surface area contributed by atoms with E-state index in [1.54, 1.807) is 36.4 Å². The SMILES string of the molecule is CSC(=Nc1ccc(OCc2cccc(F)c2)cc1)NC#N. The van der Waals surface area contributed by atoms with E-state index in [4.69, 9.17) is 10.00 Å². The van der Waals surface area contributed by atoms with E-state index in [0.29, 0.717) is 23.2 Å². The molecule has 0 aromatic heterocycles. The highest BCUT2D eigenvalue weighted by Crippen LogP contribution is 2.20. The van der Waals surface area contributed by atoms with Crippen molar-refractivity contribution in [2.24, 2.45) is 4.99 Å². The minimum atomic E-state index is -0.277. The van der Waals surface area contributed by atoms with Crippen LogP contribution in [0.25, 0.3) is 0 Å². The Morgan fingerprint density at radius 3 is 2.73 bits per heavy atom. The first-order chi connectivity index (χ1) is 10.7. The minimum Gasteiger partial charge on any atom is -0.489 e. The fourth-order valence-electron chi connectivity index (χ4n) is 1.70. The highest BCUT2D eigenvalue weighted by Gasteiger charge is 2.00. The number of nitriles is 1. The molecule has 0 aliphatic carbocycles. The predicted octanol–water partition coefficient (Wildman–Crippen LogP) is 3.83. The van der Waals surface area contributed by atoms with Crippen LogP contribution in [0.15, 0.2) is 53.5 Å². The lowest BCUT2D eigenvalue weighted by Gasteiger charge is -2.07. The second-order valence-electron chi connectivity index (χ2n) is 4.27. The summed E-state index contributed by atoms with van der Waals surface area (Å²) in [7, 11) is 0. The van der Waals surface area contributed by atoms with Gasteiger partial charge in [-0.05, 0) is 48.2 Å². The van der Waals surface area contributed by atoms with Crippen LogP contribution in [0.1, 0.15) is 5.56 Å². The minimum absolute atomic E-state index is 0.277. The largest absolute Gasteiger partial charge is 0.489 e. The number of hydrogen-bond donors (Lipinski definition) is 1. The summed E-state index contributed by atoms with van der Waals surface area (Å²) in [4.78, 5) is 4.28. The van der Waals surface area contributed by atoms with Gasteiger partial charge in [-0.3, -0.25) is 5.32 Å². The van der Waals surface area contributed by atoms with Gasteiger partial charge in [0.05, 0.1) is 5.69 Å². The molecular formula is C16H14FN3OS. The molecule has 0 atom stereocenters. The molecule has 2 aromatic rings. The van der Waals surface area contributed by atoms with Crippen LogP contribution in [-0.4, -0.2) is 11.4 Å². The van der Waals surface area contributed by atoms with E-state index in [1.165, 1.54) is 23.9 Å². The third-order valence-corrected chi connectivity index (χ3v) is 3.30. The Morgan fingerprint density at radius 2 is 2.09 bits per heavy atom. The standard InChI is InChI=1S/C16H14FN3OS/c1-22-16(19-11-18)20-14-5-7-15(8-6-14)21-10-12-3-2-4-13(17)9-12/h2-9H,10H2,1H3,(H,19,20). The quantitative estimate of drug-likeness (QED) is 0.403. The lowest BCUT2D eigenvalue weighted by atomic mass is 10.2. The number of thioether (sulfide) groups is 1. The Balaban J connectivity index is 1.99. The fraction of sp³-hybridized carbons (Fsp3) is 0.125. The van der Waals surface area contributed by atoms with Gasteiger partial charge in [0.1, 0.15) is 18.2 Å². The van der Waals surface area contributed by atoms with Gasteiger partial charge in [-0.15, -0.1) is 0 Å². The van der Waals surface area contributed by atoms with Crippen LogP contribution in [0, 0.1) is 17.3 Å². The number of halogens is 1. The normalized spacial score (nSPS) is 10.9. The smallest absolute Gasteiger partial charge is 0.183 e. The van der Waals surface area contributed by atoms with E-state index in [2.05, 4.69) is 10.3 Å². The maximum Gasteiger partial charge on any atom is 0.183 e. The van der Waals surface area contributed by atoms with E-state index in [9.17, 15) is 4.39 Å². The maximum atomic E-state index is 13.1. The second-order valence-corrected chi connectivity index (χ2v) is 5.07. The Kier molecular flexibility index (Phi) is 5.81. The van der Waals surface area contributed by atoms with Gasteiger partial charge in [-0.25, -0.2) is 9.38 Å². The molecule has 4 nitrogen and oxygen atoms in total. The van der Waals surface area contributed by atoms with Crippen molar-refractivity contribution in [3.8, 4) is 11.9 Å². The number of benzene rings is 2. The predicted molar refractivity (Wildman–Crippen MR) is 86.5 cm³/mol. The average molecular weight is 315 g/mol. The lowest BCUT2D eigenvalue weighted by Crippen LogP contribution is -2.12. The molecule has 0 aliphatic rings. The molecule has 1 N–H and O–H groups in total. The molecule has 112 valence electrons. The molecule has 0 saturated carbocycles. The summed E-state index contributed by atoms with van der Waals surface area (Å²) in [6.45, 7) is 0.298. The number of ether oxygens (including phenoxy) is 1. The van der Waals surface area contributed by atoms with E-state index < -0.39 is 0 Å². The van der Waals surface area contributed by atoms with Crippen molar-refractivity contribution in [2.75, 3.05) is 6.26 Å². The summed E-state index contributed by atoms with van der Waals surface area (Å²) in [5.41, 5.74) is 1.48. The molecule has 22 heavy (non-hydrogen) atoms. The number of rotatable bonds is 4. The molecule has 2 rings (SSSR count). The van der Waals surface area contributed by atoms with Gasteiger partial charge in [0, 0.05) is 0 Å². The molecule has 6 heteroatoms. The zero-order chi connectivity index (χ0) is 15.8. The topological polar surface area (TPSA) is 57.4 Å². The van der Waals surface area contributed by atoms with Crippen LogP contribution in [0.2, 0.25) is 0 Å². The molecule has 0 saturated heterocycles. The van der Waals surface area contributed by atoms with Crippen molar-refractivity contribution in [1.82, 2.24) is 5.32 Å². The Bertz CT molecular complexity index is 695. The summed E-state index contributed by atoms with van der Waals surface area (Å²) in [6.07, 6.45) is 3.67. The van der Waals surface area contributed by atoms with Gasteiger partial charge < -0.3 is 4.74 Å². The van der Waals surface area contributed by atoms with Crippen LogP contribution in [0.4, 0.5) is 10.1 Å². The number of nitrogens with one attached hydrogen (secondary N) is 1. The molecule has 0 aliphatic heterocycles. The molecular weight excluding hydrogens is 301 g/mol. The van der Waals surface area contributed by atoms with E-state index in [-0.39, 0.29) is 5.82 Å². The van der Waals surface area contributed by atoms with Crippen molar-refractivity contribution >= 4 is 22.6 Å². The van der Waals surface area contributed by atoms with Gasteiger partial charge in [0.25, 0.3) is 0 Å². The molecule has 0 radical (unpaired) electrons. The summed E-state index contributed by atoms with van der Waals surface area (Å²) in [5, 5.41) is 11.6. The first-order valence-electron chi connectivity index (χ1n) is 6.46. The van der Waals surface area contributed by atoms with Crippen molar-refractivity contribution in [3.63, 3.8) is 0 Å². The van der Waals surface area contributed by atoms with Crippen LogP contribution in [-0.2, 0) is 6.61 Å². The molecule has 0 bridgehead atoms. The summed E-state index contributed by atoms with van der Waals surface area (Å²) in [5.74, 6) is 0.391. The lowest BCUT2D eigenvalue weighted by molar-refractivity contribution is 0.305. The number of amidine groups is 1. The number of hydrogen-bond acceptors (Lipinski definition) is 4. The van der Waals surface area contributed by atoms with E-state index in [1.807, 2.05) is 12.4 Å². The Labute approximate surface area is 132 Å². The molecule has 0 unspecified atom stereocenters. The maximum absolute atomic E-state index is 13.1. The highest BCUT2D eigenvalue weighted by molar-refractivity contribution is 8.13. The van der Waals surface area contributed by atoms with Crippen LogP contribution in [0.3, 0.4) is 0 Å². The molecule has 0 heterocycles. The van der Waals surface area contributed by atoms with Crippen molar-refractivity contribution < 1.29 is 9.13 Å². The first kappa shape index (κ1) is 15.9. The number of aliphatic imine (C=N–C) groups is 1. The first-order valence-corrected chi connectivity index (χ1v) is 7.69. The van der Waals surface area contributed by atoms with Crippen molar-refractivity contribution in [3.05, 3.63) is 59.9 Å². The third kappa shape index (κ3) is 4.79. The van der Waals surface area contributed by atoms with Gasteiger partial charge >= 0.3 is 0 Å². The summed E-state index contributed by atoms with van der Waals surface area (Å²) >= 11 is 1.35. The molecule has 0 amide bonds. The van der Waals surface area contributed by atoms with Crippen LogP contribution < -0.4 is 10.1 Å². The Morgan fingerprint density at radius 1 is 1.32 bits per heavy atom. The number of nitrogens with zero attached hydrogens (tertiary/aromatic N) is 2. The fourth-order valence-corrected chi connectivity index (χ4v) is 2.04. The monoisotopic (exact) mass is 315 g/mol. The van der Waals surface area contributed by atoms with Crippen molar-refractivity contribution in [2.45, 2.75) is 6.61 Å².